The average molecular weight is 327 g/mol. The third-order valence-corrected chi connectivity index (χ3v) is 4.75. The zero-order valence-corrected chi connectivity index (χ0v) is 12.6. The summed E-state index contributed by atoms with van der Waals surface area (Å²) in [6.07, 6.45) is -1.36. The predicted molar refractivity (Wildman–Crippen MR) is 78.6 cm³/mol. The number of hydrogen-bond acceptors (Lipinski definition) is 2. The normalized spacial score (nSPS) is 25.0. The van der Waals surface area contributed by atoms with Crippen molar-refractivity contribution >= 4 is 5.91 Å². The first-order valence-corrected chi connectivity index (χ1v) is 7.99. The number of aliphatic hydroxyl groups is 1. The fourth-order valence-corrected chi connectivity index (χ4v) is 3.26. The van der Waals surface area contributed by atoms with Crippen molar-refractivity contribution < 1.29 is 23.1 Å². The van der Waals surface area contributed by atoms with E-state index in [9.17, 15) is 18.0 Å². The summed E-state index contributed by atoms with van der Waals surface area (Å²) >= 11 is 0. The van der Waals surface area contributed by atoms with Crippen molar-refractivity contribution in [1.29, 1.82) is 0 Å². The highest BCUT2D eigenvalue weighted by Crippen LogP contribution is 2.51. The topological polar surface area (TPSA) is 49.3 Å². The number of amides is 1. The van der Waals surface area contributed by atoms with Crippen molar-refractivity contribution in [2.75, 3.05) is 6.61 Å². The van der Waals surface area contributed by atoms with Gasteiger partial charge in [-0.1, -0.05) is 18.2 Å². The number of benzene rings is 1. The maximum absolute atomic E-state index is 13.1. The lowest BCUT2D eigenvalue weighted by atomic mass is 10.0. The van der Waals surface area contributed by atoms with E-state index in [4.69, 9.17) is 5.11 Å². The van der Waals surface area contributed by atoms with Crippen LogP contribution in [-0.2, 0) is 11.0 Å². The molecule has 3 rings (SSSR count). The quantitative estimate of drug-likeness (QED) is 0.843. The molecule has 0 saturated heterocycles. The van der Waals surface area contributed by atoms with E-state index < -0.39 is 17.7 Å². The molecule has 3 unspecified atom stereocenters. The van der Waals surface area contributed by atoms with Crippen LogP contribution in [0.25, 0.3) is 0 Å². The number of hydrogen-bond donors (Lipinski definition) is 2. The number of aliphatic hydroxyl groups excluding tert-OH is 1. The third kappa shape index (κ3) is 3.68. The summed E-state index contributed by atoms with van der Waals surface area (Å²) in [7, 11) is 0. The van der Waals surface area contributed by atoms with Crippen LogP contribution < -0.4 is 5.32 Å². The van der Waals surface area contributed by atoms with Gasteiger partial charge in [0.2, 0.25) is 5.91 Å². The second-order valence-corrected chi connectivity index (χ2v) is 6.50. The molecule has 0 bridgehead atoms. The summed E-state index contributed by atoms with van der Waals surface area (Å²) < 4.78 is 39.2. The molecule has 23 heavy (non-hydrogen) atoms. The minimum Gasteiger partial charge on any atom is -0.396 e. The lowest BCUT2D eigenvalue weighted by Crippen LogP contribution is -2.38. The lowest BCUT2D eigenvalue weighted by Gasteiger charge is -2.17. The Kier molecular flexibility index (Phi) is 4.36. The van der Waals surface area contributed by atoms with Crippen LogP contribution >= 0.6 is 0 Å². The predicted octanol–water partition coefficient (Wildman–Crippen LogP) is 3.09. The van der Waals surface area contributed by atoms with E-state index in [0.717, 1.165) is 18.9 Å². The highest BCUT2D eigenvalue weighted by Gasteiger charge is 2.48. The zero-order chi connectivity index (χ0) is 16.6. The Morgan fingerprint density at radius 1 is 1.30 bits per heavy atom. The molecule has 1 aromatic carbocycles. The summed E-state index contributed by atoms with van der Waals surface area (Å²) in [5.41, 5.74) is -0.431. The van der Waals surface area contributed by atoms with Crippen molar-refractivity contribution in [3.05, 3.63) is 35.4 Å². The molecule has 0 aromatic heterocycles. The minimum absolute atomic E-state index is 0.00640. The maximum Gasteiger partial charge on any atom is 0.416 e. The molecule has 0 spiro atoms. The molecule has 2 fully saturated rings. The van der Waals surface area contributed by atoms with Crippen molar-refractivity contribution in [1.82, 2.24) is 5.32 Å². The highest BCUT2D eigenvalue weighted by atomic mass is 19.4. The van der Waals surface area contributed by atoms with Crippen LogP contribution in [0.2, 0.25) is 0 Å². The Balaban J connectivity index is 1.66. The van der Waals surface area contributed by atoms with Crippen molar-refractivity contribution in [2.45, 2.75) is 43.8 Å². The summed E-state index contributed by atoms with van der Waals surface area (Å²) in [5, 5.41) is 12.0. The van der Waals surface area contributed by atoms with E-state index in [1.54, 1.807) is 6.07 Å². The van der Waals surface area contributed by atoms with Gasteiger partial charge in [-0.05, 0) is 49.1 Å². The third-order valence-electron chi connectivity index (χ3n) is 4.75. The van der Waals surface area contributed by atoms with Crippen LogP contribution in [0.4, 0.5) is 13.2 Å². The van der Waals surface area contributed by atoms with Crippen molar-refractivity contribution in [2.24, 2.45) is 11.8 Å². The van der Waals surface area contributed by atoms with E-state index in [1.807, 2.05) is 0 Å². The van der Waals surface area contributed by atoms with Crippen LogP contribution in [0.15, 0.2) is 24.3 Å². The molecule has 3 atom stereocenters. The molecule has 126 valence electrons. The second kappa shape index (κ2) is 6.15. The van der Waals surface area contributed by atoms with Crippen LogP contribution in [0.1, 0.15) is 42.7 Å². The Hall–Kier alpha value is -1.56. The minimum atomic E-state index is -4.40. The van der Waals surface area contributed by atoms with Crippen LogP contribution in [-0.4, -0.2) is 23.7 Å². The Labute approximate surface area is 132 Å². The van der Waals surface area contributed by atoms with Gasteiger partial charge in [-0.3, -0.25) is 4.79 Å². The van der Waals surface area contributed by atoms with E-state index in [2.05, 4.69) is 5.32 Å². The molecule has 2 aliphatic carbocycles. The molecule has 2 N–H and O–H groups in total. The van der Waals surface area contributed by atoms with E-state index in [0.29, 0.717) is 18.8 Å². The van der Waals surface area contributed by atoms with Gasteiger partial charge >= 0.3 is 6.18 Å². The Morgan fingerprint density at radius 3 is 2.61 bits per heavy atom. The highest BCUT2D eigenvalue weighted by molar-refractivity contribution is 5.83. The molecule has 6 heteroatoms. The molecule has 3 nitrogen and oxygen atoms in total. The molecule has 1 aromatic rings. The number of carbonyl (C=O) groups is 1. The number of carbonyl (C=O) groups excluding carboxylic acids is 1. The van der Waals surface area contributed by atoms with E-state index >= 15 is 0 Å². The molecule has 2 aliphatic rings. The molecule has 0 heterocycles. The van der Waals surface area contributed by atoms with Gasteiger partial charge in [0.25, 0.3) is 0 Å². The summed E-state index contributed by atoms with van der Waals surface area (Å²) in [6, 6.07) is 5.44. The van der Waals surface area contributed by atoms with Crippen LogP contribution in [0, 0.1) is 11.8 Å². The van der Waals surface area contributed by atoms with E-state index in [1.165, 1.54) is 12.1 Å². The maximum atomic E-state index is 13.1. The SMILES string of the molecule is O=C(NC(CCO)C1CC1)C1CC1c1ccccc1C(F)(F)F. The van der Waals surface area contributed by atoms with Gasteiger partial charge in [0.15, 0.2) is 0 Å². The fraction of sp³-hybridized carbons (Fsp3) is 0.588. The standard InChI is InChI=1S/C17H20F3NO2/c18-17(19,20)14-4-2-1-3-11(14)12-9-13(12)16(23)21-15(7-8-22)10-5-6-10/h1-4,10,12-13,15,22H,5-9H2,(H,21,23). The monoisotopic (exact) mass is 327 g/mol. The first-order valence-electron chi connectivity index (χ1n) is 7.99. The van der Waals surface area contributed by atoms with Gasteiger partial charge in [-0.25, -0.2) is 0 Å². The van der Waals surface area contributed by atoms with Gasteiger partial charge in [-0.15, -0.1) is 0 Å². The largest absolute Gasteiger partial charge is 0.416 e. The van der Waals surface area contributed by atoms with Crippen LogP contribution in [0.5, 0.6) is 0 Å². The molecule has 1 amide bonds. The van der Waals surface area contributed by atoms with Crippen molar-refractivity contribution in [3.63, 3.8) is 0 Å². The van der Waals surface area contributed by atoms with Crippen LogP contribution in [0.3, 0.4) is 0 Å². The first kappa shape index (κ1) is 16.3. The molecular weight excluding hydrogens is 307 g/mol. The number of rotatable bonds is 6. The molecular formula is C17H20F3NO2. The average Bonchev–Trinajstić information content (AvgIpc) is 3.38. The van der Waals surface area contributed by atoms with Crippen molar-refractivity contribution in [3.8, 4) is 0 Å². The summed E-state index contributed by atoms with van der Waals surface area (Å²) in [5.74, 6) is -0.525. The zero-order valence-electron chi connectivity index (χ0n) is 12.6. The fourth-order valence-electron chi connectivity index (χ4n) is 3.26. The lowest BCUT2D eigenvalue weighted by molar-refractivity contribution is -0.138. The number of nitrogens with one attached hydrogen (secondary N) is 1. The Bertz CT molecular complexity index is 583. The number of halogens is 3. The van der Waals surface area contributed by atoms with Gasteiger partial charge < -0.3 is 10.4 Å². The number of alkyl halides is 3. The van der Waals surface area contributed by atoms with Gasteiger partial charge in [-0.2, -0.15) is 13.2 Å². The van der Waals surface area contributed by atoms with Gasteiger partial charge in [0.1, 0.15) is 0 Å². The molecule has 0 aliphatic heterocycles. The second-order valence-electron chi connectivity index (χ2n) is 6.50. The molecule has 0 radical (unpaired) electrons. The molecule has 2 saturated carbocycles. The Morgan fingerprint density at radius 2 is 2.00 bits per heavy atom. The first-order chi connectivity index (χ1) is 10.9. The summed E-state index contributed by atoms with van der Waals surface area (Å²) in [4.78, 5) is 12.3. The summed E-state index contributed by atoms with van der Waals surface area (Å²) in [6.45, 7) is 0.00640. The van der Waals surface area contributed by atoms with E-state index in [-0.39, 0.29) is 30.0 Å². The van der Waals surface area contributed by atoms with Gasteiger partial charge in [0.05, 0.1) is 5.56 Å². The van der Waals surface area contributed by atoms with Gasteiger partial charge in [0, 0.05) is 18.6 Å². The smallest absolute Gasteiger partial charge is 0.396 e.